The van der Waals surface area contributed by atoms with Crippen LogP contribution in [0, 0.1) is 10.7 Å². The molecule has 10 heteroatoms. The molecule has 1 heterocycles. The van der Waals surface area contributed by atoms with E-state index in [2.05, 4.69) is 50.9 Å². The zero-order valence-electron chi connectivity index (χ0n) is 23.1. The van der Waals surface area contributed by atoms with Gasteiger partial charge in [-0.25, -0.2) is 4.39 Å². The van der Waals surface area contributed by atoms with Crippen LogP contribution in [0.2, 0.25) is 0 Å². The number of hydrogen-bond donors (Lipinski definition) is 1. The number of nitrogens with zero attached hydrogens (tertiary/aromatic N) is 3. The minimum absolute atomic E-state index is 0.222. The summed E-state index contributed by atoms with van der Waals surface area (Å²) in [5.74, 6) is -1.14. The molecule has 0 radical (unpaired) electrons. The number of piperidine rings is 1. The van der Waals surface area contributed by atoms with Gasteiger partial charge in [-0.3, -0.25) is 0 Å². The normalized spacial score (nSPS) is 15.4. The average molecular weight is 587 g/mol. The maximum absolute atomic E-state index is 13.6. The second-order valence-electron chi connectivity index (χ2n) is 10.3. The summed E-state index contributed by atoms with van der Waals surface area (Å²) in [6.07, 6.45) is 2.48. The quantitative estimate of drug-likeness (QED) is 0.142. The van der Waals surface area contributed by atoms with Crippen molar-refractivity contribution in [2.45, 2.75) is 29.8 Å². The van der Waals surface area contributed by atoms with Gasteiger partial charge in [-0.05, 0) is 77.2 Å². The third-order valence-electron chi connectivity index (χ3n) is 7.78. The molecule has 0 aromatic heterocycles. The molecule has 42 heavy (non-hydrogen) atoms. The minimum Gasteiger partial charge on any atom is -0.383 e. The van der Waals surface area contributed by atoms with Crippen molar-refractivity contribution in [2.24, 2.45) is 15.3 Å². The van der Waals surface area contributed by atoms with Crippen molar-refractivity contribution in [3.8, 4) is 11.1 Å². The fourth-order valence-electron chi connectivity index (χ4n) is 5.35. The van der Waals surface area contributed by atoms with Crippen LogP contribution >= 0.6 is 0 Å². The fourth-order valence-corrected chi connectivity index (χ4v) is 6.32. The van der Waals surface area contributed by atoms with E-state index in [-0.39, 0.29) is 16.3 Å². The van der Waals surface area contributed by atoms with E-state index in [9.17, 15) is 17.7 Å². The van der Waals surface area contributed by atoms with Gasteiger partial charge in [0, 0.05) is 37.9 Å². The predicted octanol–water partition coefficient (Wildman–Crippen LogP) is 6.21. The second-order valence-corrected chi connectivity index (χ2v) is 11.9. The molecule has 0 unspecified atom stereocenters. The second kappa shape index (κ2) is 12.2. The number of methoxy groups -OCH3 is 1. The topological polar surface area (TPSA) is 114 Å². The Kier molecular flexibility index (Phi) is 8.46. The fraction of sp³-hybridized carbons (Fsp3) is 0.219. The van der Waals surface area contributed by atoms with E-state index in [0.29, 0.717) is 5.56 Å². The predicted molar refractivity (Wildman–Crippen MR) is 163 cm³/mol. The summed E-state index contributed by atoms with van der Waals surface area (Å²) < 4.78 is 48.7. The maximum atomic E-state index is 13.6. The van der Waals surface area contributed by atoms with Crippen molar-refractivity contribution >= 4 is 27.2 Å². The summed E-state index contributed by atoms with van der Waals surface area (Å²) in [5, 5.41) is 2.51. The first-order chi connectivity index (χ1) is 20.2. The van der Waals surface area contributed by atoms with E-state index < -0.39 is 21.5 Å². The highest BCUT2D eigenvalue weighted by Gasteiger charge is 2.35. The molecule has 1 aliphatic rings. The van der Waals surface area contributed by atoms with Gasteiger partial charge in [0.2, 0.25) is 0 Å². The number of amidine groups is 1. The highest BCUT2D eigenvalue weighted by Crippen LogP contribution is 2.35. The van der Waals surface area contributed by atoms with Crippen LogP contribution in [0.4, 0.5) is 15.8 Å². The Morgan fingerprint density at radius 2 is 1.62 bits per heavy atom. The van der Waals surface area contributed by atoms with Gasteiger partial charge in [-0.1, -0.05) is 54.6 Å². The minimum atomic E-state index is -4.28. The number of sulfonamides is 1. The Morgan fingerprint density at radius 3 is 2.29 bits per heavy atom. The first-order valence-corrected chi connectivity index (χ1v) is 14.9. The van der Waals surface area contributed by atoms with Crippen LogP contribution in [0.3, 0.4) is 0 Å². The summed E-state index contributed by atoms with van der Waals surface area (Å²) in [6, 6.07) is 28.7. The summed E-state index contributed by atoms with van der Waals surface area (Å²) in [5.41, 5.74) is 10.2. The lowest BCUT2D eigenvalue weighted by Gasteiger charge is -2.42. The zero-order valence-corrected chi connectivity index (χ0v) is 23.9. The highest BCUT2D eigenvalue weighted by atomic mass is 32.2. The molecule has 1 aliphatic heterocycles. The molecule has 0 bridgehead atoms. The van der Waals surface area contributed by atoms with Crippen LogP contribution in [0.5, 0.6) is 0 Å². The summed E-state index contributed by atoms with van der Waals surface area (Å²) >= 11 is 0. The molecule has 1 saturated heterocycles. The monoisotopic (exact) mass is 586 g/mol. The van der Waals surface area contributed by atoms with E-state index in [4.69, 9.17) is 10.5 Å². The molecule has 4 aromatic rings. The molecule has 0 amide bonds. The van der Waals surface area contributed by atoms with E-state index in [0.717, 1.165) is 56.2 Å². The van der Waals surface area contributed by atoms with Gasteiger partial charge >= 0.3 is 0 Å². The van der Waals surface area contributed by atoms with Crippen molar-refractivity contribution in [3.05, 3.63) is 119 Å². The number of nitrogens with two attached hydrogens (primary N) is 1. The molecule has 0 aliphatic carbocycles. The lowest BCUT2D eigenvalue weighted by molar-refractivity contribution is -0.0288. The molecule has 1 fully saturated rings. The van der Waals surface area contributed by atoms with E-state index in [1.807, 2.05) is 30.3 Å². The third kappa shape index (κ3) is 6.24. The van der Waals surface area contributed by atoms with Gasteiger partial charge < -0.3 is 15.4 Å². The van der Waals surface area contributed by atoms with Gasteiger partial charge in [0.25, 0.3) is 10.0 Å². The van der Waals surface area contributed by atoms with Crippen molar-refractivity contribution in [2.75, 3.05) is 25.1 Å². The summed E-state index contributed by atoms with van der Waals surface area (Å²) in [6.45, 7) is 1.58. The Hall–Kier alpha value is -4.41. The Labute approximate surface area is 244 Å². The lowest BCUT2D eigenvalue weighted by Crippen LogP contribution is -2.47. The molecule has 8 nitrogen and oxygen atoms in total. The lowest BCUT2D eigenvalue weighted by atomic mass is 9.82. The first kappa shape index (κ1) is 29.1. The summed E-state index contributed by atoms with van der Waals surface area (Å²) in [4.78, 5) is 12.6. The van der Waals surface area contributed by atoms with Crippen LogP contribution in [0.15, 0.2) is 112 Å². The molecule has 5 rings (SSSR count). The van der Waals surface area contributed by atoms with Crippen molar-refractivity contribution in [1.29, 1.82) is 0 Å². The standard InChI is InChI=1S/C32H31FN4O4S/c1-41-32(22-25-9-5-6-10-28(25)23-7-3-2-4-8-23)17-19-37(20-18-32)26-13-11-24(12-14-26)31(34)36-42(39,40)27-15-16-29(33)30(21-27)35-38/h2-16,21H,17-20,22H2,1H3,(H2,34,36). The first-order valence-electron chi connectivity index (χ1n) is 13.5. The molecule has 0 atom stereocenters. The summed E-state index contributed by atoms with van der Waals surface area (Å²) in [7, 11) is -2.49. The molecular formula is C32H31FN4O4S. The van der Waals surface area contributed by atoms with E-state index in [1.165, 1.54) is 16.7 Å². The number of benzene rings is 4. The molecular weight excluding hydrogens is 555 g/mol. The van der Waals surface area contributed by atoms with E-state index in [1.54, 1.807) is 19.2 Å². The number of nitroso groups, excluding NO2 is 1. The highest BCUT2D eigenvalue weighted by molar-refractivity contribution is 7.90. The van der Waals surface area contributed by atoms with Crippen molar-refractivity contribution < 1.29 is 17.5 Å². The Balaban J connectivity index is 1.27. The van der Waals surface area contributed by atoms with Crippen molar-refractivity contribution in [1.82, 2.24) is 0 Å². The molecule has 4 aromatic carbocycles. The molecule has 2 N–H and O–H groups in total. The number of ether oxygens (including phenoxy) is 1. The smallest absolute Gasteiger partial charge is 0.284 e. The molecule has 0 saturated carbocycles. The van der Waals surface area contributed by atoms with Crippen LogP contribution in [0.1, 0.15) is 24.0 Å². The van der Waals surface area contributed by atoms with Crippen LogP contribution in [-0.4, -0.2) is 40.1 Å². The van der Waals surface area contributed by atoms with E-state index >= 15 is 0 Å². The maximum Gasteiger partial charge on any atom is 0.284 e. The number of halogens is 1. The van der Waals surface area contributed by atoms with Crippen molar-refractivity contribution in [3.63, 3.8) is 0 Å². The van der Waals surface area contributed by atoms with Gasteiger partial charge in [0.05, 0.1) is 10.5 Å². The zero-order chi connectivity index (χ0) is 29.7. The van der Waals surface area contributed by atoms with Gasteiger partial charge in [-0.2, -0.15) is 8.42 Å². The Morgan fingerprint density at radius 1 is 0.952 bits per heavy atom. The number of anilines is 1. The third-order valence-corrected chi connectivity index (χ3v) is 9.07. The largest absolute Gasteiger partial charge is 0.383 e. The number of rotatable bonds is 9. The van der Waals surface area contributed by atoms with Gasteiger partial charge in [0.1, 0.15) is 11.5 Å². The Bertz CT molecular complexity index is 1700. The SMILES string of the molecule is COC1(Cc2ccccc2-c2ccccc2)CCN(c2ccc(C(N)=NS(=O)(=O)c3ccc(F)c(N=O)c3)cc2)CC1. The van der Waals surface area contributed by atoms with Gasteiger partial charge in [-0.15, -0.1) is 9.30 Å². The van der Waals surface area contributed by atoms with Crippen LogP contribution < -0.4 is 10.6 Å². The molecule has 0 spiro atoms. The van der Waals surface area contributed by atoms with Crippen LogP contribution in [-0.2, 0) is 21.2 Å². The molecule has 216 valence electrons. The van der Waals surface area contributed by atoms with Gasteiger partial charge in [0.15, 0.2) is 5.82 Å². The number of hydrogen-bond acceptors (Lipinski definition) is 6. The average Bonchev–Trinajstić information content (AvgIpc) is 3.02. The van der Waals surface area contributed by atoms with Crippen LogP contribution in [0.25, 0.3) is 11.1 Å².